The number of hydrogen-bond acceptors (Lipinski definition) is 4. The number of esters is 1. The zero-order valence-electron chi connectivity index (χ0n) is 20.8. The summed E-state index contributed by atoms with van der Waals surface area (Å²) in [6, 6.07) is 9.72. The Morgan fingerprint density at radius 2 is 1.82 bits per heavy atom. The average Bonchev–Trinajstić information content (AvgIpc) is 3.27. The number of carbonyl (C=O) groups is 3. The van der Waals surface area contributed by atoms with Crippen molar-refractivity contribution in [3.63, 3.8) is 0 Å². The van der Waals surface area contributed by atoms with Crippen LogP contribution in [0.25, 0.3) is 0 Å². The van der Waals surface area contributed by atoms with Crippen LogP contribution in [0, 0.1) is 11.3 Å². The molecule has 0 saturated carbocycles. The fraction of sp³-hybridized carbons (Fsp3) is 0.607. The number of benzene rings is 1. The molecule has 1 aromatic carbocycles. The van der Waals surface area contributed by atoms with Gasteiger partial charge in [-0.05, 0) is 38.2 Å². The minimum atomic E-state index is -0.809. The van der Waals surface area contributed by atoms with Gasteiger partial charge in [-0.25, -0.2) is 0 Å². The molecule has 2 atom stereocenters. The van der Waals surface area contributed by atoms with Gasteiger partial charge in [0.05, 0.1) is 6.61 Å². The third kappa shape index (κ3) is 6.28. The van der Waals surface area contributed by atoms with Crippen LogP contribution in [-0.2, 0) is 25.7 Å². The molecule has 0 bridgehead atoms. The second kappa shape index (κ2) is 12.7. The van der Waals surface area contributed by atoms with E-state index >= 15 is 0 Å². The van der Waals surface area contributed by atoms with E-state index in [2.05, 4.69) is 12.2 Å². The molecular formula is C28H40N2O4. The molecule has 1 aliphatic carbocycles. The van der Waals surface area contributed by atoms with Gasteiger partial charge in [0, 0.05) is 31.1 Å². The predicted molar refractivity (Wildman–Crippen MR) is 132 cm³/mol. The molecule has 6 nitrogen and oxygen atoms in total. The van der Waals surface area contributed by atoms with Gasteiger partial charge in [0.2, 0.25) is 11.8 Å². The third-order valence-corrected chi connectivity index (χ3v) is 7.07. The summed E-state index contributed by atoms with van der Waals surface area (Å²) in [6.07, 6.45) is 10.6. The lowest BCUT2D eigenvalue weighted by Gasteiger charge is -2.44. The van der Waals surface area contributed by atoms with Crippen molar-refractivity contribution in [1.29, 1.82) is 0 Å². The summed E-state index contributed by atoms with van der Waals surface area (Å²) in [4.78, 5) is 41.2. The lowest BCUT2D eigenvalue weighted by Crippen LogP contribution is -2.52. The molecule has 0 radical (unpaired) electrons. The highest BCUT2D eigenvalue weighted by Crippen LogP contribution is 2.51. The number of allylic oxidation sites excluding steroid dienone is 1. The molecule has 0 unspecified atom stereocenters. The quantitative estimate of drug-likeness (QED) is 0.322. The molecule has 1 saturated heterocycles. The van der Waals surface area contributed by atoms with Crippen LogP contribution in [0.4, 0.5) is 0 Å². The Morgan fingerprint density at radius 1 is 1.09 bits per heavy atom. The third-order valence-electron chi connectivity index (χ3n) is 7.07. The number of rotatable bonds is 13. The van der Waals surface area contributed by atoms with Gasteiger partial charge in [-0.3, -0.25) is 14.4 Å². The van der Waals surface area contributed by atoms with Crippen LogP contribution in [0.1, 0.15) is 83.6 Å². The van der Waals surface area contributed by atoms with Gasteiger partial charge < -0.3 is 15.0 Å². The highest BCUT2D eigenvalue weighted by atomic mass is 16.5. The average molecular weight is 469 g/mol. The summed E-state index contributed by atoms with van der Waals surface area (Å²) in [5.41, 5.74) is 1.02. The van der Waals surface area contributed by atoms with E-state index in [0.717, 1.165) is 36.9 Å². The first-order valence-electron chi connectivity index (χ1n) is 13.0. The summed E-state index contributed by atoms with van der Waals surface area (Å²) in [7, 11) is 0. The van der Waals surface area contributed by atoms with Crippen molar-refractivity contribution >= 4 is 17.8 Å². The number of fused-ring (bicyclic) bond motifs is 1. The van der Waals surface area contributed by atoms with Crippen LogP contribution in [0.5, 0.6) is 0 Å². The standard InChI is InChI=1S/C28H40N2O4/c1-3-5-6-7-8-12-18-30-24-16-13-17-28(24,27(33)34-4-2)20-23(26(30)32)19-25(31)29-21-22-14-10-9-11-15-22/h9-11,14-16,23H,3-8,12-13,17-21H2,1-2H3,(H,29,31)/t23-,28+/m1/s1. The van der Waals surface area contributed by atoms with Crippen LogP contribution in [0.2, 0.25) is 0 Å². The van der Waals surface area contributed by atoms with E-state index in [0.29, 0.717) is 32.5 Å². The van der Waals surface area contributed by atoms with Gasteiger partial charge in [-0.2, -0.15) is 0 Å². The molecular weight excluding hydrogens is 428 g/mol. The second-order valence-electron chi connectivity index (χ2n) is 9.56. The largest absolute Gasteiger partial charge is 0.465 e. The van der Waals surface area contributed by atoms with Gasteiger partial charge in [0.25, 0.3) is 0 Å². The fourth-order valence-corrected chi connectivity index (χ4v) is 5.29. The van der Waals surface area contributed by atoms with Crippen molar-refractivity contribution in [2.24, 2.45) is 11.3 Å². The predicted octanol–water partition coefficient (Wildman–Crippen LogP) is 5.13. The minimum absolute atomic E-state index is 0.0310. The summed E-state index contributed by atoms with van der Waals surface area (Å²) in [6.45, 7) is 5.34. The van der Waals surface area contributed by atoms with Crippen molar-refractivity contribution in [2.45, 2.75) is 84.6 Å². The molecule has 6 heteroatoms. The Bertz CT molecular complexity index is 866. The Morgan fingerprint density at radius 3 is 2.56 bits per heavy atom. The van der Waals surface area contributed by atoms with Gasteiger partial charge in [-0.15, -0.1) is 0 Å². The number of amides is 2. The Kier molecular flexibility index (Phi) is 9.73. The normalized spacial score (nSPS) is 21.7. The molecule has 1 N–H and O–H groups in total. The minimum Gasteiger partial charge on any atom is -0.465 e. The summed E-state index contributed by atoms with van der Waals surface area (Å²) in [5, 5.41) is 2.94. The van der Waals surface area contributed by atoms with E-state index in [4.69, 9.17) is 4.74 Å². The smallest absolute Gasteiger partial charge is 0.318 e. The maximum absolute atomic E-state index is 13.5. The number of carbonyl (C=O) groups excluding carboxylic acids is 3. The van der Waals surface area contributed by atoms with Crippen LogP contribution < -0.4 is 5.32 Å². The number of likely N-dealkylation sites (tertiary alicyclic amines) is 1. The van der Waals surface area contributed by atoms with E-state index in [9.17, 15) is 14.4 Å². The monoisotopic (exact) mass is 468 g/mol. The zero-order valence-corrected chi connectivity index (χ0v) is 20.8. The van der Waals surface area contributed by atoms with Gasteiger partial charge in [0.1, 0.15) is 5.41 Å². The number of unbranched alkanes of at least 4 members (excludes halogenated alkanes) is 5. The SMILES string of the molecule is CCCCCCCCN1C(=O)[C@H](CC(=O)NCc2ccccc2)C[C@@]2(C(=O)OCC)CCC=C12. The van der Waals surface area contributed by atoms with E-state index in [1.54, 1.807) is 0 Å². The summed E-state index contributed by atoms with van der Waals surface area (Å²) < 4.78 is 5.48. The summed E-state index contributed by atoms with van der Waals surface area (Å²) >= 11 is 0. The lowest BCUT2D eigenvalue weighted by molar-refractivity contribution is -0.160. The molecule has 2 amide bonds. The van der Waals surface area contributed by atoms with Gasteiger partial charge in [-0.1, -0.05) is 75.4 Å². The van der Waals surface area contributed by atoms with Crippen molar-refractivity contribution < 1.29 is 19.1 Å². The van der Waals surface area contributed by atoms with E-state index in [1.807, 2.05) is 48.2 Å². The fourth-order valence-electron chi connectivity index (χ4n) is 5.29. The van der Waals surface area contributed by atoms with Crippen molar-refractivity contribution in [3.8, 4) is 0 Å². The molecule has 186 valence electrons. The van der Waals surface area contributed by atoms with Crippen LogP contribution >= 0.6 is 0 Å². The van der Waals surface area contributed by atoms with E-state index in [1.165, 1.54) is 19.3 Å². The molecule has 34 heavy (non-hydrogen) atoms. The van der Waals surface area contributed by atoms with Crippen LogP contribution in [-0.4, -0.2) is 35.8 Å². The Labute approximate surface area is 204 Å². The van der Waals surface area contributed by atoms with Crippen molar-refractivity contribution in [2.75, 3.05) is 13.2 Å². The summed E-state index contributed by atoms with van der Waals surface area (Å²) in [5.74, 6) is -0.966. The topological polar surface area (TPSA) is 75.7 Å². The van der Waals surface area contributed by atoms with E-state index < -0.39 is 11.3 Å². The number of nitrogens with one attached hydrogen (secondary N) is 1. The molecule has 3 rings (SSSR count). The van der Waals surface area contributed by atoms with Crippen molar-refractivity contribution in [1.82, 2.24) is 10.2 Å². The van der Waals surface area contributed by atoms with Gasteiger partial charge >= 0.3 is 5.97 Å². The first-order valence-corrected chi connectivity index (χ1v) is 13.0. The number of piperidine rings is 1. The lowest BCUT2D eigenvalue weighted by atomic mass is 9.71. The van der Waals surface area contributed by atoms with Crippen LogP contribution in [0.15, 0.2) is 42.1 Å². The van der Waals surface area contributed by atoms with Gasteiger partial charge in [0.15, 0.2) is 0 Å². The molecule has 1 aliphatic heterocycles. The maximum Gasteiger partial charge on any atom is 0.318 e. The first kappa shape index (κ1) is 26.0. The Balaban J connectivity index is 1.70. The van der Waals surface area contributed by atoms with Crippen LogP contribution in [0.3, 0.4) is 0 Å². The number of nitrogens with zero attached hydrogens (tertiary/aromatic N) is 1. The molecule has 0 spiro atoms. The Hall–Kier alpha value is -2.63. The maximum atomic E-state index is 13.5. The second-order valence-corrected chi connectivity index (χ2v) is 9.56. The number of ether oxygens (including phenoxy) is 1. The molecule has 1 heterocycles. The zero-order chi connectivity index (χ0) is 24.4. The van der Waals surface area contributed by atoms with E-state index in [-0.39, 0.29) is 24.2 Å². The first-order chi connectivity index (χ1) is 16.5. The number of hydrogen-bond donors (Lipinski definition) is 1. The molecule has 0 aromatic heterocycles. The highest BCUT2D eigenvalue weighted by molar-refractivity contribution is 5.92. The highest BCUT2D eigenvalue weighted by Gasteiger charge is 2.55. The van der Waals surface area contributed by atoms with Crippen molar-refractivity contribution in [3.05, 3.63) is 47.7 Å². The molecule has 1 fully saturated rings. The molecule has 1 aromatic rings. The molecule has 2 aliphatic rings.